The number of hydrogen-bond acceptors (Lipinski definition) is 5. The summed E-state index contributed by atoms with van der Waals surface area (Å²) < 4.78 is 11.0. The highest BCUT2D eigenvalue weighted by Gasteiger charge is 2.13. The van der Waals surface area contributed by atoms with Crippen molar-refractivity contribution in [3.63, 3.8) is 0 Å². The largest absolute Gasteiger partial charge is 0.478 e. The first-order valence-electron chi connectivity index (χ1n) is 6.50. The van der Waals surface area contributed by atoms with Crippen LogP contribution in [0, 0.1) is 11.3 Å². The van der Waals surface area contributed by atoms with Gasteiger partial charge in [0.05, 0.1) is 19.1 Å². The van der Waals surface area contributed by atoms with E-state index in [0.717, 1.165) is 31.8 Å². The molecule has 1 heterocycles. The fraction of sp³-hybridized carbons (Fsp3) is 0.750. The lowest BCUT2D eigenvalue weighted by Gasteiger charge is -2.19. The summed E-state index contributed by atoms with van der Waals surface area (Å²) in [5.41, 5.74) is 3.90. The number of ether oxygens (including phenoxy) is 1. The maximum absolute atomic E-state index is 8.77. The highest BCUT2D eigenvalue weighted by molar-refractivity contribution is 8.79. The SMILES string of the molecule is CCCSS(CC)=PONC1=C(CC#N)CCCO1. The Bertz CT molecular complexity index is 380. The van der Waals surface area contributed by atoms with Gasteiger partial charge in [0.25, 0.3) is 0 Å². The van der Waals surface area contributed by atoms with Crippen molar-refractivity contribution in [2.24, 2.45) is 0 Å². The molecule has 0 aromatic carbocycles. The zero-order valence-corrected chi connectivity index (χ0v) is 14.0. The van der Waals surface area contributed by atoms with Gasteiger partial charge < -0.3 is 4.74 Å². The number of allylic oxidation sites excluding steroid dienone is 1. The lowest BCUT2D eigenvalue weighted by atomic mass is 10.1. The Kier molecular flexibility index (Phi) is 9.36. The molecule has 4 nitrogen and oxygen atoms in total. The molecule has 0 aromatic heterocycles. The Hall–Kier alpha value is -0.210. The van der Waals surface area contributed by atoms with E-state index in [1.54, 1.807) is 0 Å². The van der Waals surface area contributed by atoms with Gasteiger partial charge in [-0.05, 0) is 19.3 Å². The maximum Gasteiger partial charge on any atom is 0.211 e. The van der Waals surface area contributed by atoms with Gasteiger partial charge in [-0.3, -0.25) is 0 Å². The fourth-order valence-electron chi connectivity index (χ4n) is 1.48. The molecular formula is C12H21N2O2PS2. The molecule has 0 amide bonds. The van der Waals surface area contributed by atoms with Crippen molar-refractivity contribution in [2.75, 3.05) is 18.1 Å². The number of rotatable bonds is 8. The van der Waals surface area contributed by atoms with Crippen LogP contribution in [0.3, 0.4) is 0 Å². The van der Waals surface area contributed by atoms with E-state index in [4.69, 9.17) is 14.6 Å². The summed E-state index contributed by atoms with van der Waals surface area (Å²) >= 11 is 0. The van der Waals surface area contributed by atoms with Crippen LogP contribution in [0.4, 0.5) is 0 Å². The van der Waals surface area contributed by atoms with Crippen molar-refractivity contribution in [2.45, 2.75) is 39.5 Å². The van der Waals surface area contributed by atoms with E-state index in [9.17, 15) is 0 Å². The zero-order chi connectivity index (χ0) is 13.9. The Morgan fingerprint density at radius 1 is 1.58 bits per heavy atom. The van der Waals surface area contributed by atoms with E-state index in [1.165, 1.54) is 12.2 Å². The highest BCUT2D eigenvalue weighted by Crippen LogP contribution is 2.23. The molecule has 0 bridgehead atoms. The summed E-state index contributed by atoms with van der Waals surface area (Å²) in [5, 5.41) is 8.77. The van der Waals surface area contributed by atoms with Crippen molar-refractivity contribution in [1.29, 1.82) is 5.26 Å². The minimum atomic E-state index is 0.210. The minimum Gasteiger partial charge on any atom is -0.478 e. The second kappa shape index (κ2) is 10.6. The van der Waals surface area contributed by atoms with Crippen LogP contribution in [0.5, 0.6) is 0 Å². The van der Waals surface area contributed by atoms with Crippen LogP contribution in [0.25, 0.3) is 0 Å². The monoisotopic (exact) mass is 320 g/mol. The van der Waals surface area contributed by atoms with E-state index >= 15 is 0 Å². The van der Waals surface area contributed by atoms with Crippen LogP contribution in [0.1, 0.15) is 39.5 Å². The summed E-state index contributed by atoms with van der Waals surface area (Å²) in [7, 11) is 3.12. The number of nitrogens with one attached hydrogen (secondary N) is 1. The van der Waals surface area contributed by atoms with Crippen molar-refractivity contribution in [1.82, 2.24) is 5.48 Å². The van der Waals surface area contributed by atoms with E-state index < -0.39 is 0 Å². The first-order valence-corrected chi connectivity index (χ1v) is 10.8. The third-order valence-electron chi connectivity index (χ3n) is 2.41. The summed E-state index contributed by atoms with van der Waals surface area (Å²) in [6, 6.07) is 2.17. The van der Waals surface area contributed by atoms with Gasteiger partial charge in [0.1, 0.15) is 7.58 Å². The minimum absolute atomic E-state index is 0.210. The molecule has 0 fully saturated rings. The molecule has 1 aliphatic rings. The fourth-order valence-corrected chi connectivity index (χ4v) is 6.07. The number of nitrogens with zero attached hydrogens (tertiary/aromatic N) is 1. The second-order valence-corrected chi connectivity index (χ2v) is 10.5. The third kappa shape index (κ3) is 6.67. The van der Waals surface area contributed by atoms with Gasteiger partial charge in [0, 0.05) is 17.1 Å². The van der Waals surface area contributed by atoms with Gasteiger partial charge in [-0.1, -0.05) is 33.7 Å². The molecule has 0 saturated heterocycles. The van der Waals surface area contributed by atoms with Crippen LogP contribution < -0.4 is 5.48 Å². The lowest BCUT2D eigenvalue weighted by molar-refractivity contribution is 0.102. The molecule has 108 valence electrons. The molecule has 0 aliphatic carbocycles. The predicted molar refractivity (Wildman–Crippen MR) is 84.2 cm³/mol. The standard InChI is InChI=1S/C12H21N2O2PS2/c1-3-10-18-19(4-2)17-16-14-12-11(7-8-13)6-5-9-15-12/h14H,3-7,9-10H2,1-2H3. The molecule has 0 spiro atoms. The molecule has 1 atom stereocenters. The van der Waals surface area contributed by atoms with Crippen LogP contribution in [0.15, 0.2) is 11.5 Å². The topological polar surface area (TPSA) is 54.3 Å². The summed E-state index contributed by atoms with van der Waals surface area (Å²) in [4.78, 5) is 0. The molecule has 7 heteroatoms. The van der Waals surface area contributed by atoms with Crippen LogP contribution in [0.2, 0.25) is 0 Å². The zero-order valence-electron chi connectivity index (χ0n) is 11.5. The summed E-state index contributed by atoms with van der Waals surface area (Å²) in [5.74, 6) is 2.94. The number of nitriles is 1. The summed E-state index contributed by atoms with van der Waals surface area (Å²) in [6.07, 6.45) is 3.50. The molecule has 1 N–H and O–H groups in total. The smallest absolute Gasteiger partial charge is 0.211 e. The van der Waals surface area contributed by atoms with Crippen molar-refractivity contribution in [3.05, 3.63) is 11.5 Å². The van der Waals surface area contributed by atoms with Crippen molar-refractivity contribution < 1.29 is 9.36 Å². The quantitative estimate of drug-likeness (QED) is 0.417. The van der Waals surface area contributed by atoms with Crippen LogP contribution >= 0.6 is 18.4 Å². The van der Waals surface area contributed by atoms with Gasteiger partial charge in [-0.25, -0.2) is 10.1 Å². The molecule has 0 radical (unpaired) electrons. The number of hydrogen-bond donors (Lipinski definition) is 1. The van der Waals surface area contributed by atoms with Crippen LogP contribution in [-0.4, -0.2) is 18.1 Å². The third-order valence-corrected chi connectivity index (χ3v) is 9.10. The van der Waals surface area contributed by atoms with E-state index in [0.29, 0.717) is 18.9 Å². The Morgan fingerprint density at radius 3 is 3.11 bits per heavy atom. The Labute approximate surface area is 123 Å². The van der Waals surface area contributed by atoms with E-state index in [2.05, 4.69) is 25.4 Å². The molecule has 1 unspecified atom stereocenters. The van der Waals surface area contributed by atoms with Gasteiger partial charge in [0.15, 0.2) is 0 Å². The normalized spacial score (nSPS) is 16.9. The molecule has 1 aliphatic heterocycles. The van der Waals surface area contributed by atoms with E-state index in [-0.39, 0.29) is 9.11 Å². The molecule has 1 rings (SSSR count). The average Bonchev–Trinajstić information content (AvgIpc) is 2.44. The Balaban J connectivity index is 2.49. The molecule has 0 saturated carbocycles. The molecule has 19 heavy (non-hydrogen) atoms. The van der Waals surface area contributed by atoms with E-state index in [1.807, 2.05) is 10.8 Å². The first-order chi connectivity index (χ1) is 9.31. The highest BCUT2D eigenvalue weighted by atomic mass is 33.2. The number of hydroxylamine groups is 1. The van der Waals surface area contributed by atoms with Crippen molar-refractivity contribution in [3.8, 4) is 6.07 Å². The van der Waals surface area contributed by atoms with Gasteiger partial charge in [0.2, 0.25) is 5.88 Å². The molecule has 0 aromatic rings. The van der Waals surface area contributed by atoms with Gasteiger partial charge in [-0.2, -0.15) is 5.26 Å². The predicted octanol–water partition coefficient (Wildman–Crippen LogP) is 3.92. The Morgan fingerprint density at radius 2 is 2.42 bits per heavy atom. The van der Waals surface area contributed by atoms with Crippen molar-refractivity contribution >= 4 is 27.5 Å². The van der Waals surface area contributed by atoms with Gasteiger partial charge >= 0.3 is 0 Å². The summed E-state index contributed by atoms with van der Waals surface area (Å²) in [6.45, 7) is 5.07. The average molecular weight is 320 g/mol. The second-order valence-electron chi connectivity index (χ2n) is 3.92. The van der Waals surface area contributed by atoms with Crippen LogP contribution in [-0.2, 0) is 18.5 Å². The first kappa shape index (κ1) is 16.8. The lowest BCUT2D eigenvalue weighted by Crippen LogP contribution is -2.19. The maximum atomic E-state index is 8.77. The van der Waals surface area contributed by atoms with Gasteiger partial charge in [-0.15, -0.1) is 0 Å². The molecular weight excluding hydrogens is 299 g/mol.